The number of rotatable bonds is 1. The summed E-state index contributed by atoms with van der Waals surface area (Å²) in [5, 5.41) is 0. The van der Waals surface area contributed by atoms with E-state index in [0.29, 0.717) is 13.0 Å². The van der Waals surface area contributed by atoms with E-state index in [1.165, 1.54) is 0 Å². The van der Waals surface area contributed by atoms with Gasteiger partial charge in [-0.25, -0.2) is 4.98 Å². The molecule has 2 rings (SSSR count). The van der Waals surface area contributed by atoms with Crippen LogP contribution in [-0.2, 0) is 6.42 Å². The van der Waals surface area contributed by atoms with Gasteiger partial charge in [0.1, 0.15) is 0 Å². The molecule has 0 radical (unpaired) electrons. The van der Waals surface area contributed by atoms with Crippen LogP contribution in [0.2, 0.25) is 0 Å². The summed E-state index contributed by atoms with van der Waals surface area (Å²) in [6.45, 7) is -4.64. The number of nitrogens with zero attached hydrogens (tertiary/aromatic N) is 1. The topological polar surface area (TPSA) is 22.1 Å². The Bertz CT molecular complexity index is 344. The fourth-order valence-electron chi connectivity index (χ4n) is 1.42. The van der Waals surface area contributed by atoms with Gasteiger partial charge in [0.2, 0.25) is 5.88 Å². The molecule has 0 atom stereocenters. The van der Waals surface area contributed by atoms with Crippen molar-refractivity contribution in [2.24, 2.45) is 0 Å². The third kappa shape index (κ3) is 2.33. The van der Waals surface area contributed by atoms with Crippen molar-refractivity contribution in [1.82, 2.24) is 4.98 Å². The Morgan fingerprint density at radius 2 is 2.07 bits per heavy atom. The average Bonchev–Trinajstić information content (AvgIpc) is 2.48. The van der Waals surface area contributed by atoms with Crippen LogP contribution < -0.4 is 61.6 Å². The normalized spacial score (nSPS) is 14.2. The maximum absolute atomic E-state index is 12.4. The van der Waals surface area contributed by atoms with E-state index in [9.17, 15) is 12.9 Å². The van der Waals surface area contributed by atoms with E-state index >= 15 is 0 Å². The van der Waals surface area contributed by atoms with Crippen LogP contribution in [-0.4, -0.2) is 18.6 Å². The third-order valence-corrected chi connectivity index (χ3v) is 2.00. The summed E-state index contributed by atoms with van der Waals surface area (Å²) in [4.78, 5) is 3.72. The Morgan fingerprint density at radius 1 is 1.36 bits per heavy atom. The van der Waals surface area contributed by atoms with E-state index in [2.05, 4.69) is 4.98 Å². The number of halogens is 3. The molecule has 0 spiro atoms. The zero-order valence-electron chi connectivity index (χ0n) is 7.64. The van der Waals surface area contributed by atoms with E-state index in [4.69, 9.17) is 4.74 Å². The summed E-state index contributed by atoms with van der Waals surface area (Å²) in [7, 11) is 0. The molecule has 2 heterocycles. The molecule has 2 nitrogen and oxygen atoms in total. The zero-order chi connectivity index (χ0) is 9.47. The molecular formula is C7H6BF3KNO. The van der Waals surface area contributed by atoms with Gasteiger partial charge in [0.15, 0.2) is 0 Å². The number of aromatic nitrogens is 1. The largest absolute Gasteiger partial charge is 1.00 e. The first kappa shape index (κ1) is 12.5. The summed E-state index contributed by atoms with van der Waals surface area (Å²) in [5.41, 5.74) is -0.363. The third-order valence-electron chi connectivity index (χ3n) is 2.00. The van der Waals surface area contributed by atoms with Crippen molar-refractivity contribution >= 4 is 12.4 Å². The van der Waals surface area contributed by atoms with Crippen molar-refractivity contribution in [2.45, 2.75) is 6.42 Å². The molecule has 0 unspecified atom stereocenters. The van der Waals surface area contributed by atoms with Gasteiger partial charge in [-0.05, 0) is 5.56 Å². The first-order valence-electron chi connectivity index (χ1n) is 3.89. The molecule has 7 heteroatoms. The predicted octanol–water partition coefficient (Wildman–Crippen LogP) is -1.93. The average molecular weight is 227 g/mol. The molecule has 14 heavy (non-hydrogen) atoms. The van der Waals surface area contributed by atoms with E-state index in [0.717, 1.165) is 12.3 Å². The minimum atomic E-state index is -4.94. The van der Waals surface area contributed by atoms with Crippen LogP contribution in [0.4, 0.5) is 12.9 Å². The van der Waals surface area contributed by atoms with Crippen molar-refractivity contribution in [2.75, 3.05) is 6.61 Å². The molecular weight excluding hydrogens is 221 g/mol. The molecule has 0 N–H and O–H groups in total. The van der Waals surface area contributed by atoms with Crippen LogP contribution in [0.25, 0.3) is 0 Å². The maximum Gasteiger partial charge on any atom is 1.00 e. The second-order valence-corrected chi connectivity index (χ2v) is 2.86. The minimum Gasteiger partial charge on any atom is -0.477 e. The molecule has 0 amide bonds. The Kier molecular flexibility index (Phi) is 4.04. The van der Waals surface area contributed by atoms with Gasteiger partial charge < -0.3 is 17.7 Å². The number of ether oxygens (including phenoxy) is 1. The van der Waals surface area contributed by atoms with Gasteiger partial charge in [0.25, 0.3) is 0 Å². The fraction of sp³-hybridized carbons (Fsp3) is 0.286. The van der Waals surface area contributed by atoms with Gasteiger partial charge >= 0.3 is 58.4 Å². The number of hydrogen-bond donors (Lipinski definition) is 0. The molecule has 70 valence electrons. The minimum absolute atomic E-state index is 0. The smallest absolute Gasteiger partial charge is 0.477 e. The molecule has 1 aromatic rings. The van der Waals surface area contributed by atoms with E-state index < -0.39 is 12.4 Å². The molecule has 1 aromatic heterocycles. The summed E-state index contributed by atoms with van der Waals surface area (Å²) in [5.74, 6) is 0.136. The second kappa shape index (κ2) is 4.53. The molecule has 0 bridgehead atoms. The summed E-state index contributed by atoms with van der Waals surface area (Å²) >= 11 is 0. The second-order valence-electron chi connectivity index (χ2n) is 2.86. The van der Waals surface area contributed by atoms with E-state index in [-0.39, 0.29) is 62.8 Å². The van der Waals surface area contributed by atoms with Gasteiger partial charge in [-0.2, -0.15) is 0 Å². The van der Waals surface area contributed by atoms with Crippen molar-refractivity contribution in [3.63, 3.8) is 0 Å². The van der Waals surface area contributed by atoms with Gasteiger partial charge in [-0.3, -0.25) is 0 Å². The molecule has 0 saturated carbocycles. The van der Waals surface area contributed by atoms with Crippen LogP contribution in [0.5, 0.6) is 5.88 Å². The summed E-state index contributed by atoms with van der Waals surface area (Å²) in [6, 6.07) is 1.01. The van der Waals surface area contributed by atoms with Crippen molar-refractivity contribution in [3.8, 4) is 5.88 Å². The zero-order valence-corrected chi connectivity index (χ0v) is 10.8. The fourth-order valence-corrected chi connectivity index (χ4v) is 1.42. The molecule has 0 aliphatic carbocycles. The van der Waals surface area contributed by atoms with Gasteiger partial charge in [0, 0.05) is 12.6 Å². The van der Waals surface area contributed by atoms with Crippen LogP contribution in [0, 0.1) is 0 Å². The summed E-state index contributed by atoms with van der Waals surface area (Å²) in [6.07, 6.45) is 1.44. The van der Waals surface area contributed by atoms with Crippen molar-refractivity contribution < 1.29 is 69.1 Å². The van der Waals surface area contributed by atoms with Crippen LogP contribution in [0.3, 0.4) is 0 Å². The van der Waals surface area contributed by atoms with Gasteiger partial charge in [-0.1, -0.05) is 11.5 Å². The maximum atomic E-state index is 12.4. The Morgan fingerprint density at radius 3 is 2.71 bits per heavy atom. The summed E-state index contributed by atoms with van der Waals surface area (Å²) < 4.78 is 42.2. The monoisotopic (exact) mass is 227 g/mol. The number of fused-ring (bicyclic) bond motifs is 1. The first-order valence-corrected chi connectivity index (χ1v) is 3.89. The number of hydrogen-bond acceptors (Lipinski definition) is 2. The Balaban J connectivity index is 0.000000980. The van der Waals surface area contributed by atoms with Crippen molar-refractivity contribution in [3.05, 3.63) is 17.8 Å². The van der Waals surface area contributed by atoms with Crippen LogP contribution >= 0.6 is 0 Å². The first-order chi connectivity index (χ1) is 6.09. The van der Waals surface area contributed by atoms with E-state index in [1.54, 1.807) is 0 Å². The quantitative estimate of drug-likeness (QED) is 0.521. The van der Waals surface area contributed by atoms with Crippen LogP contribution in [0.15, 0.2) is 12.3 Å². The Labute approximate surface area is 122 Å². The SMILES string of the molecule is F[B-](F)(F)c1ccnc2c1CCO2.[K+]. The predicted molar refractivity (Wildman–Crippen MR) is 42.1 cm³/mol. The molecule has 0 aromatic carbocycles. The molecule has 1 aliphatic heterocycles. The molecule has 1 aliphatic rings. The Hall–Kier alpha value is 0.441. The van der Waals surface area contributed by atoms with Gasteiger partial charge in [0.05, 0.1) is 6.61 Å². The van der Waals surface area contributed by atoms with Gasteiger partial charge in [-0.15, -0.1) is 0 Å². The molecule has 0 fully saturated rings. The van der Waals surface area contributed by atoms with Crippen LogP contribution in [0.1, 0.15) is 5.56 Å². The standard InChI is InChI=1S/C7H6BF3NO.K/c9-8(10,11)6-1-3-12-7-5(6)2-4-13-7;/h1,3H,2,4H2;/q-1;+1. The van der Waals surface area contributed by atoms with Crippen molar-refractivity contribution in [1.29, 1.82) is 0 Å². The van der Waals surface area contributed by atoms with E-state index in [1.807, 2.05) is 0 Å². The number of pyridine rings is 1. The molecule has 0 saturated heterocycles.